The van der Waals surface area contributed by atoms with Crippen molar-refractivity contribution < 1.29 is 8.42 Å². The van der Waals surface area contributed by atoms with Crippen LogP contribution in [0.2, 0.25) is 0 Å². The molecule has 3 rings (SSSR count). The van der Waals surface area contributed by atoms with Crippen LogP contribution in [0.5, 0.6) is 0 Å². The molecule has 0 radical (unpaired) electrons. The van der Waals surface area contributed by atoms with Crippen molar-refractivity contribution in [2.45, 2.75) is 24.3 Å². The Morgan fingerprint density at radius 2 is 2.19 bits per heavy atom. The molecule has 2 aromatic rings. The summed E-state index contributed by atoms with van der Waals surface area (Å²) in [7, 11) is -3.55. The summed E-state index contributed by atoms with van der Waals surface area (Å²) in [6.45, 7) is 2.92. The minimum absolute atomic E-state index is 0. The van der Waals surface area contributed by atoms with E-state index in [0.29, 0.717) is 24.1 Å². The van der Waals surface area contributed by atoms with E-state index in [1.54, 1.807) is 22.5 Å². The lowest BCUT2D eigenvalue weighted by atomic mass is 10.1. The van der Waals surface area contributed by atoms with Crippen molar-refractivity contribution in [3.8, 4) is 0 Å². The van der Waals surface area contributed by atoms with Crippen molar-refractivity contribution in [2.75, 3.05) is 13.1 Å². The molecule has 0 saturated carbocycles. The Bertz CT molecular complexity index is 734. The zero-order valence-electron chi connectivity index (χ0n) is 11.5. The van der Waals surface area contributed by atoms with Gasteiger partial charge in [0, 0.05) is 12.6 Å². The van der Waals surface area contributed by atoms with Crippen LogP contribution in [0, 0.1) is 5.92 Å². The third-order valence-corrected chi connectivity index (χ3v) is 6.33. The van der Waals surface area contributed by atoms with Gasteiger partial charge in [-0.05, 0) is 37.9 Å². The zero-order chi connectivity index (χ0) is 14.3. The van der Waals surface area contributed by atoms with Gasteiger partial charge in [0.1, 0.15) is 15.9 Å². The fourth-order valence-corrected chi connectivity index (χ4v) is 5.20. The number of nitrogens with zero attached hydrogens (tertiary/aromatic N) is 3. The summed E-state index contributed by atoms with van der Waals surface area (Å²) >= 11 is 1.03. The lowest BCUT2D eigenvalue weighted by molar-refractivity contribution is 0.405. The molecule has 2 N–H and O–H groups in total. The maximum absolute atomic E-state index is 12.8. The van der Waals surface area contributed by atoms with Gasteiger partial charge in [-0.3, -0.25) is 0 Å². The molecule has 9 heteroatoms. The van der Waals surface area contributed by atoms with Crippen LogP contribution in [-0.2, 0) is 10.0 Å². The minimum Gasteiger partial charge on any atom is -0.330 e. The number of rotatable bonds is 3. The van der Waals surface area contributed by atoms with E-state index < -0.39 is 10.0 Å². The average Bonchev–Trinajstić information content (AvgIpc) is 3.03. The second kappa shape index (κ2) is 6.13. The molecule has 0 spiro atoms. The van der Waals surface area contributed by atoms with E-state index in [9.17, 15) is 8.42 Å². The molecule has 2 heterocycles. The zero-order valence-corrected chi connectivity index (χ0v) is 13.9. The van der Waals surface area contributed by atoms with Crippen LogP contribution in [0.1, 0.15) is 13.3 Å². The normalized spacial score (nSPS) is 23.3. The second-order valence-electron chi connectivity index (χ2n) is 5.15. The summed E-state index contributed by atoms with van der Waals surface area (Å²) in [5.74, 6) is 0.229. The molecule has 6 nitrogen and oxygen atoms in total. The Morgan fingerprint density at radius 3 is 2.86 bits per heavy atom. The fourth-order valence-electron chi connectivity index (χ4n) is 2.73. The highest BCUT2D eigenvalue weighted by Crippen LogP contribution is 2.31. The van der Waals surface area contributed by atoms with Crippen LogP contribution in [0.3, 0.4) is 0 Å². The molecule has 1 saturated heterocycles. The van der Waals surface area contributed by atoms with Crippen LogP contribution in [0.4, 0.5) is 0 Å². The first kappa shape index (κ1) is 16.6. The number of hydrogen-bond acceptors (Lipinski definition) is 6. The molecule has 0 amide bonds. The van der Waals surface area contributed by atoms with Gasteiger partial charge < -0.3 is 5.73 Å². The molecule has 1 fully saturated rings. The van der Waals surface area contributed by atoms with Crippen molar-refractivity contribution in [1.82, 2.24) is 13.1 Å². The summed E-state index contributed by atoms with van der Waals surface area (Å²) in [4.78, 5) is 0.244. The summed E-state index contributed by atoms with van der Waals surface area (Å²) < 4.78 is 35.4. The van der Waals surface area contributed by atoms with Gasteiger partial charge in [0.2, 0.25) is 10.0 Å². The summed E-state index contributed by atoms with van der Waals surface area (Å²) in [5, 5.41) is 0. The summed E-state index contributed by atoms with van der Waals surface area (Å²) in [5.41, 5.74) is 6.75. The van der Waals surface area contributed by atoms with E-state index >= 15 is 0 Å². The van der Waals surface area contributed by atoms with Crippen LogP contribution >= 0.6 is 24.1 Å². The molecule has 1 aromatic carbocycles. The topological polar surface area (TPSA) is 89.2 Å². The first-order chi connectivity index (χ1) is 9.54. The molecule has 21 heavy (non-hydrogen) atoms. The number of nitrogens with two attached hydrogens (primary N) is 1. The lowest BCUT2D eigenvalue weighted by Gasteiger charge is -2.21. The van der Waals surface area contributed by atoms with E-state index in [1.165, 1.54) is 0 Å². The molecule has 2 atom stereocenters. The number of benzene rings is 1. The van der Waals surface area contributed by atoms with Crippen molar-refractivity contribution in [3.63, 3.8) is 0 Å². The number of halogens is 1. The van der Waals surface area contributed by atoms with E-state index in [-0.39, 0.29) is 29.3 Å². The van der Waals surface area contributed by atoms with Gasteiger partial charge in [-0.1, -0.05) is 6.07 Å². The maximum atomic E-state index is 12.8. The standard InChI is InChI=1S/C12H16N4O2S2.ClH/c1-8-5-9(6-13)7-16(8)20(17,18)11-4-2-3-10-12(11)15-19-14-10;/h2-4,8-9H,5-7,13H2,1H3;1H. The predicted molar refractivity (Wildman–Crippen MR) is 85.2 cm³/mol. The Morgan fingerprint density at radius 1 is 1.43 bits per heavy atom. The molecule has 0 aliphatic carbocycles. The van der Waals surface area contributed by atoms with Gasteiger partial charge in [-0.15, -0.1) is 12.4 Å². The average molecular weight is 349 g/mol. The Kier molecular flexibility index (Phi) is 4.84. The first-order valence-electron chi connectivity index (χ1n) is 6.47. The van der Waals surface area contributed by atoms with Crippen LogP contribution in [-0.4, -0.2) is 40.6 Å². The van der Waals surface area contributed by atoms with E-state index in [0.717, 1.165) is 18.1 Å². The molecule has 0 bridgehead atoms. The van der Waals surface area contributed by atoms with Gasteiger partial charge in [0.05, 0.1) is 11.7 Å². The molecular formula is C12H17ClN4O2S2. The largest absolute Gasteiger partial charge is 0.330 e. The van der Waals surface area contributed by atoms with Crippen LogP contribution in [0.15, 0.2) is 23.1 Å². The monoisotopic (exact) mass is 348 g/mol. The lowest BCUT2D eigenvalue weighted by Crippen LogP contribution is -2.34. The van der Waals surface area contributed by atoms with E-state index in [4.69, 9.17) is 5.73 Å². The molecule has 2 unspecified atom stereocenters. The predicted octanol–water partition coefficient (Wildman–Crippen LogP) is 1.47. The second-order valence-corrected chi connectivity index (χ2v) is 7.54. The third kappa shape index (κ3) is 2.78. The highest BCUT2D eigenvalue weighted by atomic mass is 35.5. The minimum atomic E-state index is -3.55. The highest BCUT2D eigenvalue weighted by Gasteiger charge is 2.38. The summed E-state index contributed by atoms with van der Waals surface area (Å²) in [6, 6.07) is 5.04. The number of fused-ring (bicyclic) bond motifs is 1. The SMILES string of the molecule is CC1CC(CN)CN1S(=O)(=O)c1cccc2nsnc12.Cl. The number of sulfonamides is 1. The highest BCUT2D eigenvalue weighted by molar-refractivity contribution is 7.89. The van der Waals surface area contributed by atoms with Gasteiger partial charge in [0.15, 0.2) is 0 Å². The number of hydrogen-bond donors (Lipinski definition) is 1. The Hall–Kier alpha value is -0.800. The Balaban J connectivity index is 0.00000161. The fraction of sp³-hybridized carbons (Fsp3) is 0.500. The van der Waals surface area contributed by atoms with E-state index in [2.05, 4.69) is 8.75 Å². The third-order valence-electron chi connectivity index (χ3n) is 3.77. The molecule has 1 aliphatic heterocycles. The van der Waals surface area contributed by atoms with Gasteiger partial charge >= 0.3 is 0 Å². The van der Waals surface area contributed by atoms with Gasteiger partial charge in [-0.25, -0.2) is 8.42 Å². The maximum Gasteiger partial charge on any atom is 0.245 e. The first-order valence-corrected chi connectivity index (χ1v) is 8.64. The molecule has 116 valence electrons. The van der Waals surface area contributed by atoms with Crippen molar-refractivity contribution >= 4 is 45.2 Å². The molecule has 1 aromatic heterocycles. The smallest absolute Gasteiger partial charge is 0.245 e. The van der Waals surface area contributed by atoms with Crippen LogP contribution < -0.4 is 5.73 Å². The summed E-state index contributed by atoms with van der Waals surface area (Å²) in [6.07, 6.45) is 0.807. The Labute approximate surface area is 134 Å². The van der Waals surface area contributed by atoms with Gasteiger partial charge in [0.25, 0.3) is 0 Å². The van der Waals surface area contributed by atoms with Crippen molar-refractivity contribution in [3.05, 3.63) is 18.2 Å². The number of aromatic nitrogens is 2. The van der Waals surface area contributed by atoms with Crippen molar-refractivity contribution in [2.24, 2.45) is 11.7 Å². The quantitative estimate of drug-likeness (QED) is 0.907. The van der Waals surface area contributed by atoms with Gasteiger partial charge in [-0.2, -0.15) is 13.1 Å². The van der Waals surface area contributed by atoms with Crippen LogP contribution in [0.25, 0.3) is 11.0 Å². The molecular weight excluding hydrogens is 332 g/mol. The van der Waals surface area contributed by atoms with E-state index in [1.807, 2.05) is 6.92 Å². The van der Waals surface area contributed by atoms with Crippen molar-refractivity contribution in [1.29, 1.82) is 0 Å². The molecule has 1 aliphatic rings.